The van der Waals surface area contributed by atoms with E-state index >= 15 is 0 Å². The van der Waals surface area contributed by atoms with E-state index in [-0.39, 0.29) is 11.2 Å². The van der Waals surface area contributed by atoms with Crippen LogP contribution in [0.2, 0.25) is 5.02 Å². The third-order valence-electron chi connectivity index (χ3n) is 5.29. The van der Waals surface area contributed by atoms with Gasteiger partial charge in [-0.15, -0.1) is 0 Å². The number of hydrazone groups is 1. The molecule has 0 bridgehead atoms. The van der Waals surface area contributed by atoms with E-state index < -0.39 is 4.92 Å². The summed E-state index contributed by atoms with van der Waals surface area (Å²) in [7, 11) is 0. The van der Waals surface area contributed by atoms with Crippen molar-refractivity contribution in [2.24, 2.45) is 5.10 Å². The Morgan fingerprint density at radius 2 is 2.21 bits per heavy atom. The van der Waals surface area contributed by atoms with Gasteiger partial charge in [-0.05, 0) is 56.4 Å². The third kappa shape index (κ3) is 4.50. The second-order valence-corrected chi connectivity index (χ2v) is 8.44. The Kier molecular flexibility index (Phi) is 6.07. The first-order chi connectivity index (χ1) is 13.7. The standard InChI is InChI=1S/C21H26ClN5O2/c1-5-8-26-19-10-18(22)15(9-17(19)14(2)11-21(26,3)4)12-24-25-20-7-6-16(13-23-20)27(28)29/h6-7,9-10,12-14H,5,8,11H2,1-4H3,(H,23,25)/b24-12-. The van der Waals surface area contributed by atoms with Gasteiger partial charge in [-0.1, -0.05) is 25.4 Å². The summed E-state index contributed by atoms with van der Waals surface area (Å²) in [5.74, 6) is 0.840. The Bertz CT molecular complexity index is 927. The van der Waals surface area contributed by atoms with Crippen molar-refractivity contribution in [1.29, 1.82) is 0 Å². The van der Waals surface area contributed by atoms with Gasteiger partial charge in [0.05, 0.1) is 16.2 Å². The highest BCUT2D eigenvalue weighted by molar-refractivity contribution is 6.33. The van der Waals surface area contributed by atoms with Crippen molar-refractivity contribution >= 4 is 35.0 Å². The number of nitrogens with one attached hydrogen (secondary N) is 1. The fourth-order valence-corrected chi connectivity index (χ4v) is 4.20. The highest BCUT2D eigenvalue weighted by atomic mass is 35.5. The molecule has 154 valence electrons. The summed E-state index contributed by atoms with van der Waals surface area (Å²) in [6.07, 6.45) is 4.99. The molecule has 1 aliphatic rings. The average Bonchev–Trinajstić information content (AvgIpc) is 2.66. The fraction of sp³-hybridized carbons (Fsp3) is 0.429. The summed E-state index contributed by atoms with van der Waals surface area (Å²) in [4.78, 5) is 16.6. The summed E-state index contributed by atoms with van der Waals surface area (Å²) in [5, 5.41) is 15.5. The molecule has 1 atom stereocenters. The number of hydrogen-bond acceptors (Lipinski definition) is 6. The number of fused-ring (bicyclic) bond motifs is 1. The first-order valence-electron chi connectivity index (χ1n) is 9.73. The van der Waals surface area contributed by atoms with Crippen molar-refractivity contribution in [2.75, 3.05) is 16.9 Å². The van der Waals surface area contributed by atoms with Crippen LogP contribution in [-0.4, -0.2) is 28.2 Å². The highest BCUT2D eigenvalue weighted by Crippen LogP contribution is 2.45. The molecule has 1 unspecified atom stereocenters. The maximum atomic E-state index is 10.7. The molecule has 0 saturated heterocycles. The molecule has 0 saturated carbocycles. The zero-order valence-corrected chi connectivity index (χ0v) is 17.9. The third-order valence-corrected chi connectivity index (χ3v) is 5.62. The molecular formula is C21H26ClN5O2. The van der Waals surface area contributed by atoms with Crippen molar-refractivity contribution < 1.29 is 4.92 Å². The van der Waals surface area contributed by atoms with Gasteiger partial charge in [-0.2, -0.15) is 5.10 Å². The molecular weight excluding hydrogens is 390 g/mol. The lowest BCUT2D eigenvalue weighted by molar-refractivity contribution is -0.385. The Morgan fingerprint density at radius 1 is 1.45 bits per heavy atom. The summed E-state index contributed by atoms with van der Waals surface area (Å²) in [6, 6.07) is 7.03. The van der Waals surface area contributed by atoms with Gasteiger partial charge in [-0.25, -0.2) is 4.98 Å². The minimum atomic E-state index is -0.489. The second kappa shape index (κ2) is 8.37. The van der Waals surface area contributed by atoms with Crippen LogP contribution in [0, 0.1) is 10.1 Å². The van der Waals surface area contributed by atoms with E-state index in [1.807, 2.05) is 6.07 Å². The van der Waals surface area contributed by atoms with Gasteiger partial charge in [0.15, 0.2) is 0 Å². The van der Waals surface area contributed by atoms with E-state index in [4.69, 9.17) is 11.6 Å². The Labute approximate surface area is 175 Å². The summed E-state index contributed by atoms with van der Waals surface area (Å²) in [6.45, 7) is 9.99. The van der Waals surface area contributed by atoms with Crippen LogP contribution in [0.3, 0.4) is 0 Å². The number of hydrogen-bond donors (Lipinski definition) is 1. The lowest BCUT2D eigenvalue weighted by Crippen LogP contribution is -2.48. The average molecular weight is 416 g/mol. The van der Waals surface area contributed by atoms with Gasteiger partial charge >= 0.3 is 0 Å². The number of halogens is 1. The SMILES string of the molecule is CCCN1c2cc(Cl)c(/C=N\Nc3ccc([N+](=O)[O-])cn3)cc2C(C)CC1(C)C. The van der Waals surface area contributed by atoms with E-state index in [1.165, 1.54) is 29.6 Å². The molecule has 0 aliphatic carbocycles. The van der Waals surface area contributed by atoms with E-state index in [0.717, 1.165) is 24.9 Å². The molecule has 29 heavy (non-hydrogen) atoms. The van der Waals surface area contributed by atoms with Crippen molar-refractivity contribution in [2.45, 2.75) is 52.0 Å². The number of rotatable bonds is 6. The Balaban J connectivity index is 1.83. The quantitative estimate of drug-likeness (QED) is 0.377. The maximum absolute atomic E-state index is 10.7. The van der Waals surface area contributed by atoms with E-state index in [2.05, 4.69) is 54.2 Å². The van der Waals surface area contributed by atoms with E-state index in [9.17, 15) is 10.1 Å². The molecule has 1 aliphatic heterocycles. The van der Waals surface area contributed by atoms with E-state index in [0.29, 0.717) is 16.8 Å². The van der Waals surface area contributed by atoms with Gasteiger partial charge in [0.1, 0.15) is 12.0 Å². The highest BCUT2D eigenvalue weighted by Gasteiger charge is 2.36. The number of benzene rings is 1. The van der Waals surface area contributed by atoms with E-state index in [1.54, 1.807) is 6.21 Å². The van der Waals surface area contributed by atoms with Crippen LogP contribution in [0.15, 0.2) is 35.6 Å². The number of aromatic nitrogens is 1. The van der Waals surface area contributed by atoms with Gasteiger partial charge in [-0.3, -0.25) is 15.5 Å². The number of anilines is 2. The summed E-state index contributed by atoms with van der Waals surface area (Å²) >= 11 is 6.57. The second-order valence-electron chi connectivity index (χ2n) is 8.03. The molecule has 0 spiro atoms. The smallest absolute Gasteiger partial charge is 0.287 e. The van der Waals surface area contributed by atoms with Crippen LogP contribution in [0.1, 0.15) is 57.6 Å². The predicted molar refractivity (Wildman–Crippen MR) is 118 cm³/mol. The maximum Gasteiger partial charge on any atom is 0.287 e. The molecule has 0 radical (unpaired) electrons. The molecule has 7 nitrogen and oxygen atoms in total. The first-order valence-corrected chi connectivity index (χ1v) is 10.1. The molecule has 1 aromatic carbocycles. The number of pyridine rings is 1. The molecule has 1 aromatic heterocycles. The van der Waals surface area contributed by atoms with Crippen molar-refractivity contribution in [3.8, 4) is 0 Å². The summed E-state index contributed by atoms with van der Waals surface area (Å²) in [5.41, 5.74) is 6.10. The number of nitro groups is 1. The molecule has 0 fully saturated rings. The minimum Gasteiger partial charge on any atom is -0.366 e. The lowest BCUT2D eigenvalue weighted by Gasteiger charge is -2.47. The van der Waals surface area contributed by atoms with Gasteiger partial charge in [0.25, 0.3) is 5.69 Å². The zero-order chi connectivity index (χ0) is 21.2. The molecule has 2 aromatic rings. The molecule has 3 rings (SSSR count). The van der Waals surface area contributed by atoms with Crippen LogP contribution >= 0.6 is 11.6 Å². The Hall–Kier alpha value is -2.67. The topological polar surface area (TPSA) is 83.7 Å². The Morgan fingerprint density at radius 3 is 2.83 bits per heavy atom. The van der Waals surface area contributed by atoms with Gasteiger partial charge < -0.3 is 4.90 Å². The molecule has 2 heterocycles. The van der Waals surface area contributed by atoms with Crippen molar-refractivity contribution in [3.63, 3.8) is 0 Å². The van der Waals surface area contributed by atoms with Crippen molar-refractivity contribution in [1.82, 2.24) is 4.98 Å². The van der Waals surface area contributed by atoms with Crippen molar-refractivity contribution in [3.05, 3.63) is 56.7 Å². The zero-order valence-electron chi connectivity index (χ0n) is 17.1. The van der Waals surface area contributed by atoms with Gasteiger partial charge in [0, 0.05) is 29.4 Å². The molecule has 0 amide bonds. The fourth-order valence-electron chi connectivity index (χ4n) is 3.99. The molecule has 8 heteroatoms. The summed E-state index contributed by atoms with van der Waals surface area (Å²) < 4.78 is 0. The normalized spacial score (nSPS) is 18.0. The van der Waals surface area contributed by atoms with Crippen LogP contribution in [-0.2, 0) is 0 Å². The molecule has 1 N–H and O–H groups in total. The van der Waals surface area contributed by atoms with Crippen LogP contribution in [0.25, 0.3) is 0 Å². The number of nitrogens with zero attached hydrogens (tertiary/aromatic N) is 4. The lowest BCUT2D eigenvalue weighted by atomic mass is 9.79. The monoisotopic (exact) mass is 415 g/mol. The first kappa shape index (κ1) is 21.0. The van der Waals surface area contributed by atoms with Crippen LogP contribution in [0.4, 0.5) is 17.2 Å². The van der Waals surface area contributed by atoms with Gasteiger partial charge in [0.2, 0.25) is 0 Å². The largest absolute Gasteiger partial charge is 0.366 e. The van der Waals surface area contributed by atoms with Crippen LogP contribution in [0.5, 0.6) is 0 Å². The minimum absolute atomic E-state index is 0.0641. The predicted octanol–water partition coefficient (Wildman–Crippen LogP) is 5.59. The van der Waals surface area contributed by atoms with Crippen LogP contribution < -0.4 is 10.3 Å².